The average molecular weight is 249 g/mol. The molecular formula is C12H13ClN4. The molecule has 0 aliphatic rings. The lowest BCUT2D eigenvalue weighted by atomic mass is 10.2. The van der Waals surface area contributed by atoms with E-state index in [1.54, 1.807) is 18.5 Å². The molecular weight excluding hydrogens is 236 g/mol. The van der Waals surface area contributed by atoms with Gasteiger partial charge in [-0.2, -0.15) is 0 Å². The third kappa shape index (κ3) is 2.85. The predicted octanol–water partition coefficient (Wildman–Crippen LogP) is 2.63. The van der Waals surface area contributed by atoms with Crippen LogP contribution in [-0.2, 0) is 6.54 Å². The van der Waals surface area contributed by atoms with Gasteiger partial charge in [-0.15, -0.1) is 0 Å². The molecule has 0 aliphatic heterocycles. The summed E-state index contributed by atoms with van der Waals surface area (Å²) in [6.45, 7) is 2.61. The average Bonchev–Trinajstić information content (AvgIpc) is 2.30. The van der Waals surface area contributed by atoms with Crippen LogP contribution < -0.4 is 11.1 Å². The normalized spacial score (nSPS) is 10.2. The second kappa shape index (κ2) is 5.01. The fraction of sp³-hybridized carbons (Fsp3) is 0.167. The van der Waals surface area contributed by atoms with Gasteiger partial charge >= 0.3 is 0 Å². The van der Waals surface area contributed by atoms with E-state index in [2.05, 4.69) is 15.3 Å². The van der Waals surface area contributed by atoms with Crippen molar-refractivity contribution in [2.24, 2.45) is 0 Å². The van der Waals surface area contributed by atoms with Gasteiger partial charge in [0.05, 0.1) is 22.9 Å². The van der Waals surface area contributed by atoms with Crippen LogP contribution in [0.1, 0.15) is 11.3 Å². The minimum atomic E-state index is 0.530. The molecule has 0 bridgehead atoms. The Morgan fingerprint density at radius 2 is 2.24 bits per heavy atom. The lowest BCUT2D eigenvalue weighted by Crippen LogP contribution is -2.06. The zero-order chi connectivity index (χ0) is 12.3. The van der Waals surface area contributed by atoms with E-state index in [1.165, 1.54) is 0 Å². The minimum Gasteiger partial charge on any atom is -0.396 e. The largest absolute Gasteiger partial charge is 0.396 e. The highest BCUT2D eigenvalue weighted by molar-refractivity contribution is 6.30. The van der Waals surface area contributed by atoms with Gasteiger partial charge in [-0.25, -0.2) is 4.98 Å². The Hall–Kier alpha value is -1.81. The van der Waals surface area contributed by atoms with E-state index in [9.17, 15) is 0 Å². The van der Waals surface area contributed by atoms with Crippen molar-refractivity contribution in [2.75, 3.05) is 11.1 Å². The third-order valence-corrected chi connectivity index (χ3v) is 2.63. The number of nitrogens with zero attached hydrogens (tertiary/aromatic N) is 2. The van der Waals surface area contributed by atoms with Gasteiger partial charge in [0, 0.05) is 12.4 Å². The van der Waals surface area contributed by atoms with Crippen LogP contribution in [0.4, 0.5) is 11.5 Å². The summed E-state index contributed by atoms with van der Waals surface area (Å²) >= 11 is 5.78. The molecule has 2 aromatic rings. The van der Waals surface area contributed by atoms with Crippen LogP contribution in [0.15, 0.2) is 30.6 Å². The van der Waals surface area contributed by atoms with Crippen molar-refractivity contribution in [1.82, 2.24) is 9.97 Å². The van der Waals surface area contributed by atoms with Crippen LogP contribution >= 0.6 is 11.6 Å². The van der Waals surface area contributed by atoms with E-state index in [0.29, 0.717) is 23.1 Å². The van der Waals surface area contributed by atoms with Crippen molar-refractivity contribution >= 4 is 23.1 Å². The van der Waals surface area contributed by atoms with Gasteiger partial charge in [0.25, 0.3) is 0 Å². The Bertz CT molecular complexity index is 528. The number of anilines is 2. The molecule has 0 saturated heterocycles. The SMILES string of the molecule is Cc1cccnc1CNc1ncc(Cl)cc1N. The molecule has 2 heterocycles. The molecule has 0 radical (unpaired) electrons. The van der Waals surface area contributed by atoms with E-state index in [0.717, 1.165) is 11.3 Å². The monoisotopic (exact) mass is 248 g/mol. The van der Waals surface area contributed by atoms with Crippen LogP contribution in [0.3, 0.4) is 0 Å². The van der Waals surface area contributed by atoms with E-state index in [-0.39, 0.29) is 0 Å². The molecule has 0 fully saturated rings. The highest BCUT2D eigenvalue weighted by Gasteiger charge is 2.03. The number of hydrogen-bond acceptors (Lipinski definition) is 4. The Kier molecular flexibility index (Phi) is 3.44. The first-order valence-electron chi connectivity index (χ1n) is 5.22. The summed E-state index contributed by atoms with van der Waals surface area (Å²) in [6, 6.07) is 5.60. The number of hydrogen-bond donors (Lipinski definition) is 2. The molecule has 0 aromatic carbocycles. The van der Waals surface area contributed by atoms with Gasteiger partial charge in [0.1, 0.15) is 5.82 Å². The molecule has 17 heavy (non-hydrogen) atoms. The van der Waals surface area contributed by atoms with Crippen LogP contribution in [0.5, 0.6) is 0 Å². The molecule has 3 N–H and O–H groups in total. The van der Waals surface area contributed by atoms with Gasteiger partial charge in [-0.3, -0.25) is 4.98 Å². The molecule has 0 unspecified atom stereocenters. The number of rotatable bonds is 3. The van der Waals surface area contributed by atoms with Crippen LogP contribution in [0.2, 0.25) is 5.02 Å². The van der Waals surface area contributed by atoms with Crippen molar-refractivity contribution in [3.8, 4) is 0 Å². The number of halogens is 1. The summed E-state index contributed by atoms with van der Waals surface area (Å²) in [7, 11) is 0. The standard InChI is InChI=1S/C12H13ClN4/c1-8-3-2-4-15-11(8)7-17-12-10(14)5-9(13)6-16-12/h2-6H,7,14H2,1H3,(H,16,17). The Morgan fingerprint density at radius 1 is 1.41 bits per heavy atom. The highest BCUT2D eigenvalue weighted by Crippen LogP contribution is 2.20. The molecule has 0 amide bonds. The van der Waals surface area contributed by atoms with Crippen LogP contribution in [0, 0.1) is 6.92 Å². The lowest BCUT2D eigenvalue weighted by Gasteiger charge is -2.09. The van der Waals surface area contributed by atoms with Crippen molar-refractivity contribution in [3.05, 3.63) is 46.9 Å². The van der Waals surface area contributed by atoms with E-state index in [1.807, 2.05) is 19.1 Å². The molecule has 2 aromatic heterocycles. The molecule has 88 valence electrons. The summed E-state index contributed by atoms with van der Waals surface area (Å²) in [6.07, 6.45) is 3.33. The Balaban J connectivity index is 2.10. The van der Waals surface area contributed by atoms with Gasteiger partial charge in [0.2, 0.25) is 0 Å². The van der Waals surface area contributed by atoms with E-state index < -0.39 is 0 Å². The zero-order valence-electron chi connectivity index (χ0n) is 9.44. The molecule has 4 nitrogen and oxygen atoms in total. The minimum absolute atomic E-state index is 0.530. The maximum absolute atomic E-state index is 5.79. The second-order valence-corrected chi connectivity index (χ2v) is 4.15. The summed E-state index contributed by atoms with van der Waals surface area (Å²) in [5.74, 6) is 0.624. The maximum Gasteiger partial charge on any atom is 0.149 e. The predicted molar refractivity (Wildman–Crippen MR) is 70.0 cm³/mol. The Labute approximate surface area is 105 Å². The fourth-order valence-corrected chi connectivity index (χ4v) is 1.64. The number of nitrogens with one attached hydrogen (secondary N) is 1. The number of nitrogen functional groups attached to an aromatic ring is 1. The van der Waals surface area contributed by atoms with E-state index >= 15 is 0 Å². The quantitative estimate of drug-likeness (QED) is 0.877. The van der Waals surface area contributed by atoms with Crippen molar-refractivity contribution in [3.63, 3.8) is 0 Å². The smallest absolute Gasteiger partial charge is 0.149 e. The van der Waals surface area contributed by atoms with Gasteiger partial charge in [-0.05, 0) is 24.6 Å². The summed E-state index contributed by atoms with van der Waals surface area (Å²) in [4.78, 5) is 8.41. The highest BCUT2D eigenvalue weighted by atomic mass is 35.5. The summed E-state index contributed by atoms with van der Waals surface area (Å²) in [5.41, 5.74) is 8.43. The van der Waals surface area contributed by atoms with E-state index in [4.69, 9.17) is 17.3 Å². The van der Waals surface area contributed by atoms with Crippen molar-refractivity contribution in [2.45, 2.75) is 13.5 Å². The number of aryl methyl sites for hydroxylation is 1. The molecule has 0 saturated carbocycles. The number of nitrogens with two attached hydrogens (primary N) is 1. The topological polar surface area (TPSA) is 63.8 Å². The van der Waals surface area contributed by atoms with Gasteiger partial charge in [-0.1, -0.05) is 17.7 Å². The molecule has 0 atom stereocenters. The lowest BCUT2D eigenvalue weighted by molar-refractivity contribution is 1.01. The first-order valence-corrected chi connectivity index (χ1v) is 5.60. The van der Waals surface area contributed by atoms with Gasteiger partial charge in [0.15, 0.2) is 0 Å². The second-order valence-electron chi connectivity index (χ2n) is 3.71. The first kappa shape index (κ1) is 11.7. The number of pyridine rings is 2. The third-order valence-electron chi connectivity index (χ3n) is 2.42. The van der Waals surface area contributed by atoms with Crippen LogP contribution in [-0.4, -0.2) is 9.97 Å². The molecule has 2 rings (SSSR count). The van der Waals surface area contributed by atoms with Crippen molar-refractivity contribution < 1.29 is 0 Å². The molecule has 0 spiro atoms. The molecule has 5 heteroatoms. The van der Waals surface area contributed by atoms with Crippen molar-refractivity contribution in [1.29, 1.82) is 0 Å². The van der Waals surface area contributed by atoms with Crippen LogP contribution in [0.25, 0.3) is 0 Å². The summed E-state index contributed by atoms with van der Waals surface area (Å²) in [5, 5.41) is 3.67. The maximum atomic E-state index is 5.79. The summed E-state index contributed by atoms with van der Waals surface area (Å²) < 4.78 is 0. The fourth-order valence-electron chi connectivity index (χ4n) is 1.47. The number of aromatic nitrogens is 2. The molecule has 0 aliphatic carbocycles. The zero-order valence-corrected chi connectivity index (χ0v) is 10.2. The Morgan fingerprint density at radius 3 is 2.94 bits per heavy atom. The first-order chi connectivity index (χ1) is 8.16. The van der Waals surface area contributed by atoms with Gasteiger partial charge < -0.3 is 11.1 Å².